The number of nitrogens with one attached hydrogen (secondary N) is 2. The molecule has 0 radical (unpaired) electrons. The number of methoxy groups -OCH3 is 1. The zero-order chi connectivity index (χ0) is 22.5. The van der Waals surface area contributed by atoms with Crippen molar-refractivity contribution in [1.29, 1.82) is 0 Å². The van der Waals surface area contributed by atoms with Crippen molar-refractivity contribution in [3.63, 3.8) is 0 Å². The van der Waals surface area contributed by atoms with Gasteiger partial charge in [0.2, 0.25) is 5.91 Å². The highest BCUT2D eigenvalue weighted by Gasteiger charge is 2.27. The maximum absolute atomic E-state index is 12.9. The Morgan fingerprint density at radius 1 is 0.871 bits per heavy atom. The molecule has 0 aromatic heterocycles. The smallest absolute Gasteiger partial charge is 0.408 e. The third kappa shape index (κ3) is 8.50. The number of unbranched alkanes of at least 4 members (excludes halogenated alkanes) is 1. The van der Waals surface area contributed by atoms with Crippen LogP contribution in [-0.2, 0) is 32.1 Å². The standard InChI is InChI=1S/C24H30N2O5/c1-3-4-15-20(26-24(29)31-17-19-13-9-6-10-14-19)22(27)25-21(23(28)30-2)16-18-11-7-5-8-12-18/h5-14,20-21H,3-4,15-17H2,1-2H3,(H,25,27)(H,26,29)/t20-,21+/m0/s1. The van der Waals surface area contributed by atoms with Crippen molar-refractivity contribution in [3.8, 4) is 0 Å². The Bertz CT molecular complexity index is 826. The first-order valence-electron chi connectivity index (χ1n) is 10.4. The number of carbonyl (C=O) groups excluding carboxylic acids is 3. The second-order valence-corrected chi connectivity index (χ2v) is 7.17. The average molecular weight is 427 g/mol. The van der Waals surface area contributed by atoms with E-state index in [4.69, 9.17) is 9.47 Å². The normalized spacial score (nSPS) is 12.3. The lowest BCUT2D eigenvalue weighted by atomic mass is 10.0. The summed E-state index contributed by atoms with van der Waals surface area (Å²) in [6, 6.07) is 16.9. The van der Waals surface area contributed by atoms with Crippen LogP contribution < -0.4 is 10.6 Å². The van der Waals surface area contributed by atoms with Gasteiger partial charge in [0, 0.05) is 6.42 Å². The fraction of sp³-hybridized carbons (Fsp3) is 0.375. The maximum atomic E-state index is 12.9. The molecule has 0 heterocycles. The highest BCUT2D eigenvalue weighted by molar-refractivity contribution is 5.89. The summed E-state index contributed by atoms with van der Waals surface area (Å²) in [7, 11) is 1.28. The van der Waals surface area contributed by atoms with Crippen LogP contribution in [0.5, 0.6) is 0 Å². The quantitative estimate of drug-likeness (QED) is 0.538. The Morgan fingerprint density at radius 2 is 1.48 bits per heavy atom. The Balaban J connectivity index is 1.99. The van der Waals surface area contributed by atoms with Crippen molar-refractivity contribution in [2.45, 2.75) is 51.3 Å². The second kappa shape index (κ2) is 13.1. The molecule has 2 atom stereocenters. The Hall–Kier alpha value is -3.35. The molecule has 0 aliphatic carbocycles. The SMILES string of the molecule is CCCC[C@H](NC(=O)OCc1ccccc1)C(=O)N[C@H](Cc1ccccc1)C(=O)OC. The molecule has 0 unspecified atom stereocenters. The van der Waals surface area contributed by atoms with Crippen LogP contribution in [0.3, 0.4) is 0 Å². The minimum atomic E-state index is -0.855. The van der Waals surface area contributed by atoms with Gasteiger partial charge in [-0.25, -0.2) is 9.59 Å². The first kappa shape index (κ1) is 23.9. The van der Waals surface area contributed by atoms with Crippen molar-refractivity contribution < 1.29 is 23.9 Å². The lowest BCUT2D eigenvalue weighted by Gasteiger charge is -2.22. The van der Waals surface area contributed by atoms with E-state index in [0.717, 1.165) is 24.0 Å². The molecule has 2 aromatic rings. The van der Waals surface area contributed by atoms with E-state index in [1.807, 2.05) is 67.6 Å². The van der Waals surface area contributed by atoms with E-state index in [2.05, 4.69) is 10.6 Å². The maximum Gasteiger partial charge on any atom is 0.408 e. The van der Waals surface area contributed by atoms with Crippen LogP contribution in [0, 0.1) is 0 Å². The van der Waals surface area contributed by atoms with Crippen molar-refractivity contribution in [2.24, 2.45) is 0 Å². The Morgan fingerprint density at radius 3 is 2.06 bits per heavy atom. The molecule has 2 aromatic carbocycles. The molecule has 0 fully saturated rings. The molecule has 0 aliphatic heterocycles. The van der Waals surface area contributed by atoms with Crippen LogP contribution in [0.2, 0.25) is 0 Å². The molecule has 0 bridgehead atoms. The molecule has 0 saturated heterocycles. The molecular formula is C24H30N2O5. The first-order chi connectivity index (χ1) is 15.0. The predicted molar refractivity (Wildman–Crippen MR) is 117 cm³/mol. The topological polar surface area (TPSA) is 93.7 Å². The van der Waals surface area contributed by atoms with Gasteiger partial charge in [-0.05, 0) is 17.5 Å². The molecule has 0 aliphatic rings. The summed E-state index contributed by atoms with van der Waals surface area (Å²) >= 11 is 0. The Kier molecular flexibility index (Phi) is 10.1. The van der Waals surface area contributed by atoms with E-state index in [-0.39, 0.29) is 13.0 Å². The highest BCUT2D eigenvalue weighted by atomic mass is 16.5. The monoisotopic (exact) mass is 426 g/mol. The second-order valence-electron chi connectivity index (χ2n) is 7.17. The summed E-state index contributed by atoms with van der Waals surface area (Å²) in [5.74, 6) is -0.991. The zero-order valence-electron chi connectivity index (χ0n) is 18.0. The summed E-state index contributed by atoms with van der Waals surface area (Å²) in [6.07, 6.45) is 1.63. The number of hydrogen-bond acceptors (Lipinski definition) is 5. The minimum Gasteiger partial charge on any atom is -0.467 e. The number of benzene rings is 2. The minimum absolute atomic E-state index is 0.105. The van der Waals surface area contributed by atoms with E-state index in [0.29, 0.717) is 6.42 Å². The van der Waals surface area contributed by atoms with Crippen molar-refractivity contribution in [1.82, 2.24) is 10.6 Å². The van der Waals surface area contributed by atoms with E-state index >= 15 is 0 Å². The van der Waals surface area contributed by atoms with Gasteiger partial charge in [-0.15, -0.1) is 0 Å². The number of ether oxygens (including phenoxy) is 2. The molecule has 7 heteroatoms. The number of hydrogen-bond donors (Lipinski definition) is 2. The molecule has 31 heavy (non-hydrogen) atoms. The van der Waals surface area contributed by atoms with Crippen LogP contribution >= 0.6 is 0 Å². The van der Waals surface area contributed by atoms with Gasteiger partial charge in [-0.2, -0.15) is 0 Å². The van der Waals surface area contributed by atoms with Gasteiger partial charge in [0.25, 0.3) is 0 Å². The average Bonchev–Trinajstić information content (AvgIpc) is 2.80. The molecule has 0 saturated carbocycles. The summed E-state index contributed by atoms with van der Waals surface area (Å²) in [6.45, 7) is 2.10. The van der Waals surface area contributed by atoms with E-state index < -0.39 is 30.1 Å². The van der Waals surface area contributed by atoms with Gasteiger partial charge >= 0.3 is 12.1 Å². The zero-order valence-corrected chi connectivity index (χ0v) is 18.0. The van der Waals surface area contributed by atoms with Gasteiger partial charge in [0.15, 0.2) is 0 Å². The largest absolute Gasteiger partial charge is 0.467 e. The van der Waals surface area contributed by atoms with Crippen LogP contribution in [0.4, 0.5) is 4.79 Å². The molecule has 2 N–H and O–H groups in total. The summed E-state index contributed by atoms with van der Waals surface area (Å²) < 4.78 is 10.1. The van der Waals surface area contributed by atoms with Crippen LogP contribution in [0.25, 0.3) is 0 Å². The van der Waals surface area contributed by atoms with E-state index in [1.54, 1.807) is 0 Å². The van der Waals surface area contributed by atoms with Gasteiger partial charge < -0.3 is 20.1 Å². The van der Waals surface area contributed by atoms with Crippen molar-refractivity contribution in [3.05, 3.63) is 71.8 Å². The van der Waals surface area contributed by atoms with Crippen molar-refractivity contribution >= 4 is 18.0 Å². The third-order valence-corrected chi connectivity index (χ3v) is 4.75. The molecule has 7 nitrogen and oxygen atoms in total. The fourth-order valence-electron chi connectivity index (χ4n) is 3.04. The highest BCUT2D eigenvalue weighted by Crippen LogP contribution is 2.08. The predicted octanol–water partition coefficient (Wildman–Crippen LogP) is 3.37. The van der Waals surface area contributed by atoms with Crippen LogP contribution in [0.1, 0.15) is 37.3 Å². The van der Waals surface area contributed by atoms with Gasteiger partial charge in [-0.3, -0.25) is 4.79 Å². The van der Waals surface area contributed by atoms with E-state index in [9.17, 15) is 14.4 Å². The molecule has 166 valence electrons. The van der Waals surface area contributed by atoms with Crippen LogP contribution in [0.15, 0.2) is 60.7 Å². The molecule has 0 spiro atoms. The molecule has 2 amide bonds. The lowest BCUT2D eigenvalue weighted by molar-refractivity contribution is -0.145. The van der Waals surface area contributed by atoms with Crippen molar-refractivity contribution in [2.75, 3.05) is 7.11 Å². The number of esters is 1. The lowest BCUT2D eigenvalue weighted by Crippen LogP contribution is -2.52. The number of carbonyl (C=O) groups is 3. The molecular weight excluding hydrogens is 396 g/mol. The molecule has 2 rings (SSSR count). The number of amides is 2. The number of rotatable bonds is 11. The number of alkyl carbamates (subject to hydrolysis) is 1. The van der Waals surface area contributed by atoms with Gasteiger partial charge in [-0.1, -0.05) is 80.4 Å². The van der Waals surface area contributed by atoms with Crippen LogP contribution in [-0.4, -0.2) is 37.2 Å². The Labute approximate surface area is 183 Å². The van der Waals surface area contributed by atoms with Gasteiger partial charge in [0.1, 0.15) is 18.7 Å². The summed E-state index contributed by atoms with van der Waals surface area (Å²) in [4.78, 5) is 37.4. The fourth-order valence-corrected chi connectivity index (χ4v) is 3.04. The third-order valence-electron chi connectivity index (χ3n) is 4.75. The summed E-state index contributed by atoms with van der Waals surface area (Å²) in [5.41, 5.74) is 1.74. The van der Waals surface area contributed by atoms with E-state index in [1.165, 1.54) is 7.11 Å². The first-order valence-corrected chi connectivity index (χ1v) is 10.4. The summed E-state index contributed by atoms with van der Waals surface area (Å²) in [5, 5.41) is 5.34. The van der Waals surface area contributed by atoms with Gasteiger partial charge in [0.05, 0.1) is 7.11 Å².